The monoisotopic (exact) mass is 496 g/mol. The molecule has 206 valence electrons. The third kappa shape index (κ3) is 14.9. The van der Waals surface area contributed by atoms with Gasteiger partial charge in [-0.25, -0.2) is 0 Å². The van der Waals surface area contributed by atoms with Crippen LogP contribution in [0, 0.1) is 19.8 Å². The number of allylic oxidation sites excluding steroid dienone is 4. The molecule has 0 amide bonds. The lowest BCUT2D eigenvalue weighted by Gasteiger charge is -2.18. The van der Waals surface area contributed by atoms with E-state index in [1.807, 2.05) is 0 Å². The molecule has 0 radical (unpaired) electrons. The minimum Gasteiger partial charge on any atom is -0.493 e. The summed E-state index contributed by atoms with van der Waals surface area (Å²) in [6, 6.07) is 4.59. The van der Waals surface area contributed by atoms with Crippen LogP contribution in [-0.2, 0) is 6.42 Å². The predicted molar refractivity (Wildman–Crippen MR) is 162 cm³/mol. The van der Waals surface area contributed by atoms with Crippen LogP contribution in [0.2, 0.25) is 0 Å². The lowest BCUT2D eigenvalue weighted by Crippen LogP contribution is -2.05. The molecule has 36 heavy (non-hydrogen) atoms. The van der Waals surface area contributed by atoms with Crippen LogP contribution in [0.25, 0.3) is 0 Å². The van der Waals surface area contributed by atoms with Crippen LogP contribution in [0.15, 0.2) is 35.4 Å². The first-order valence-corrected chi connectivity index (χ1v) is 15.4. The van der Waals surface area contributed by atoms with Gasteiger partial charge in [0, 0.05) is 0 Å². The van der Waals surface area contributed by atoms with E-state index in [1.54, 1.807) is 11.1 Å². The Morgan fingerprint density at radius 2 is 1.42 bits per heavy atom. The summed E-state index contributed by atoms with van der Waals surface area (Å²) >= 11 is 0. The molecule has 1 aromatic rings. The summed E-state index contributed by atoms with van der Waals surface area (Å²) in [5.41, 5.74) is 7.23. The van der Waals surface area contributed by atoms with Crippen molar-refractivity contribution in [2.75, 3.05) is 6.61 Å². The highest BCUT2D eigenvalue weighted by molar-refractivity contribution is 5.45. The Morgan fingerprint density at radius 1 is 0.778 bits per heavy atom. The fourth-order valence-corrected chi connectivity index (χ4v) is 4.86. The highest BCUT2D eigenvalue weighted by Gasteiger charge is 2.11. The second-order valence-corrected chi connectivity index (χ2v) is 11.4. The van der Waals surface area contributed by atoms with Gasteiger partial charge in [0.05, 0.1) is 6.61 Å². The van der Waals surface area contributed by atoms with Crippen LogP contribution in [-0.4, -0.2) is 6.61 Å². The third-order valence-corrected chi connectivity index (χ3v) is 7.75. The fraction of sp³-hybridized carbons (Fsp3) is 0.714. The van der Waals surface area contributed by atoms with Crippen LogP contribution in [0.5, 0.6) is 5.75 Å². The molecule has 0 aliphatic rings. The van der Waals surface area contributed by atoms with Crippen molar-refractivity contribution in [2.45, 2.75) is 151 Å². The van der Waals surface area contributed by atoms with E-state index in [9.17, 15) is 0 Å². The van der Waals surface area contributed by atoms with Crippen molar-refractivity contribution in [3.05, 3.63) is 52.1 Å². The summed E-state index contributed by atoms with van der Waals surface area (Å²) in [5, 5.41) is 0. The molecule has 0 aliphatic carbocycles. The maximum Gasteiger partial charge on any atom is 0.125 e. The van der Waals surface area contributed by atoms with Gasteiger partial charge in [-0.1, -0.05) is 101 Å². The van der Waals surface area contributed by atoms with E-state index in [0.717, 1.165) is 18.9 Å². The first kappa shape index (κ1) is 32.5. The largest absolute Gasteiger partial charge is 0.493 e. The van der Waals surface area contributed by atoms with E-state index in [2.05, 4.69) is 72.8 Å². The van der Waals surface area contributed by atoms with Crippen molar-refractivity contribution in [3.8, 4) is 5.75 Å². The van der Waals surface area contributed by atoms with Gasteiger partial charge >= 0.3 is 0 Å². The summed E-state index contributed by atoms with van der Waals surface area (Å²) in [4.78, 5) is 0. The van der Waals surface area contributed by atoms with Crippen LogP contribution in [0.4, 0.5) is 0 Å². The maximum absolute atomic E-state index is 6.37. The van der Waals surface area contributed by atoms with Crippen molar-refractivity contribution in [1.82, 2.24) is 0 Å². The summed E-state index contributed by atoms with van der Waals surface area (Å²) in [6.07, 6.45) is 25.3. The van der Waals surface area contributed by atoms with Gasteiger partial charge < -0.3 is 4.74 Å². The zero-order valence-corrected chi connectivity index (χ0v) is 25.3. The number of ether oxygens (including phenoxy) is 1. The quantitative estimate of drug-likeness (QED) is 0.121. The Balaban J connectivity index is 2.39. The molecular formula is C35H60O. The number of hydrogen-bond donors (Lipinski definition) is 0. The molecule has 0 saturated heterocycles. The van der Waals surface area contributed by atoms with Crippen LogP contribution in [0.3, 0.4) is 0 Å². The Bertz CT molecular complexity index is 754. The molecule has 1 atom stereocenters. The highest BCUT2D eigenvalue weighted by atomic mass is 16.5. The van der Waals surface area contributed by atoms with Gasteiger partial charge in [-0.15, -0.1) is 0 Å². The van der Waals surface area contributed by atoms with E-state index in [4.69, 9.17) is 4.74 Å². The van der Waals surface area contributed by atoms with Crippen molar-refractivity contribution >= 4 is 0 Å². The second-order valence-electron chi connectivity index (χ2n) is 11.4. The minimum absolute atomic E-state index is 0.741. The van der Waals surface area contributed by atoms with Crippen molar-refractivity contribution in [1.29, 1.82) is 0 Å². The van der Waals surface area contributed by atoms with Gasteiger partial charge in [0.1, 0.15) is 5.75 Å². The zero-order valence-electron chi connectivity index (χ0n) is 25.3. The number of benzene rings is 1. The molecule has 0 spiro atoms. The Morgan fingerprint density at radius 3 is 2.11 bits per heavy atom. The minimum atomic E-state index is 0.741. The zero-order chi connectivity index (χ0) is 26.6. The standard InChI is InChI=1S/C35H60O/c1-8-10-12-13-14-16-28-36-35-33(7)32(6)25-27-34(35)26-24-31(5)23-18-22-30(4)21-17-20-29(3)19-15-11-9-2/h19,22,25,27,31H,8-18,20-21,23-24,26,28H2,1-7H3/b29-19+,30-22+. The fourth-order valence-electron chi connectivity index (χ4n) is 4.86. The van der Waals surface area contributed by atoms with E-state index >= 15 is 0 Å². The first-order valence-electron chi connectivity index (χ1n) is 15.4. The normalized spacial score (nSPS) is 13.3. The molecule has 0 fully saturated rings. The number of hydrogen-bond acceptors (Lipinski definition) is 1. The lowest BCUT2D eigenvalue weighted by atomic mass is 9.94. The molecular weight excluding hydrogens is 436 g/mol. The van der Waals surface area contributed by atoms with E-state index < -0.39 is 0 Å². The van der Waals surface area contributed by atoms with Crippen molar-refractivity contribution in [3.63, 3.8) is 0 Å². The van der Waals surface area contributed by atoms with Gasteiger partial charge in [-0.3, -0.25) is 0 Å². The number of unbranched alkanes of at least 4 members (excludes halogenated alkanes) is 7. The molecule has 0 heterocycles. The molecule has 0 aliphatic heterocycles. The Kier molecular flexibility index (Phi) is 18.6. The van der Waals surface area contributed by atoms with Crippen LogP contribution >= 0.6 is 0 Å². The smallest absolute Gasteiger partial charge is 0.125 e. The molecule has 1 rings (SSSR count). The molecule has 1 unspecified atom stereocenters. The number of aryl methyl sites for hydroxylation is 2. The molecule has 1 nitrogen and oxygen atoms in total. The van der Waals surface area contributed by atoms with Gasteiger partial charge in [0.2, 0.25) is 0 Å². The predicted octanol–water partition coefficient (Wildman–Crippen LogP) is 11.6. The molecule has 1 aromatic carbocycles. The van der Waals surface area contributed by atoms with Crippen LogP contribution in [0.1, 0.15) is 148 Å². The average molecular weight is 497 g/mol. The summed E-state index contributed by atoms with van der Waals surface area (Å²) in [7, 11) is 0. The lowest BCUT2D eigenvalue weighted by molar-refractivity contribution is 0.298. The average Bonchev–Trinajstić information content (AvgIpc) is 2.85. The first-order chi connectivity index (χ1) is 17.4. The Hall–Kier alpha value is -1.50. The molecule has 0 aromatic heterocycles. The SMILES string of the molecule is CCCC/C=C(\C)CCC/C(C)=C/CCC(C)CCc1ccc(C)c(C)c1OCCCCCCCC. The summed E-state index contributed by atoms with van der Waals surface area (Å²) in [6.45, 7) is 16.9. The molecule has 0 saturated carbocycles. The van der Waals surface area contributed by atoms with Gasteiger partial charge in [0.15, 0.2) is 0 Å². The van der Waals surface area contributed by atoms with Crippen LogP contribution < -0.4 is 4.74 Å². The van der Waals surface area contributed by atoms with Crippen molar-refractivity contribution < 1.29 is 4.74 Å². The van der Waals surface area contributed by atoms with E-state index in [0.29, 0.717) is 0 Å². The maximum atomic E-state index is 6.37. The second kappa shape index (κ2) is 20.5. The van der Waals surface area contributed by atoms with Gasteiger partial charge in [0.25, 0.3) is 0 Å². The summed E-state index contributed by atoms with van der Waals surface area (Å²) < 4.78 is 6.37. The highest BCUT2D eigenvalue weighted by Crippen LogP contribution is 2.29. The van der Waals surface area contributed by atoms with Gasteiger partial charge in [-0.2, -0.15) is 0 Å². The van der Waals surface area contributed by atoms with E-state index in [1.165, 1.54) is 119 Å². The van der Waals surface area contributed by atoms with E-state index in [-0.39, 0.29) is 0 Å². The summed E-state index contributed by atoms with van der Waals surface area (Å²) in [5.74, 6) is 1.91. The third-order valence-electron chi connectivity index (χ3n) is 7.75. The van der Waals surface area contributed by atoms with Gasteiger partial charge in [-0.05, 0) is 108 Å². The molecule has 1 heteroatoms. The molecule has 0 bridgehead atoms. The Labute approximate surface area is 226 Å². The van der Waals surface area contributed by atoms with Crippen molar-refractivity contribution in [2.24, 2.45) is 5.92 Å². The molecule has 0 N–H and O–H groups in total. The number of rotatable bonds is 21. The topological polar surface area (TPSA) is 9.23 Å².